The number of carbonyl (C=O) groups excluding carboxylic acids is 3. The highest BCUT2D eigenvalue weighted by Gasteiger charge is 2.16. The van der Waals surface area contributed by atoms with Gasteiger partial charge in [0.15, 0.2) is 12.3 Å². The average molecular weight is 404 g/mol. The lowest BCUT2D eigenvalue weighted by Crippen LogP contribution is -2.23. The van der Waals surface area contributed by atoms with Gasteiger partial charge in [-0.2, -0.15) is 0 Å². The van der Waals surface area contributed by atoms with Crippen molar-refractivity contribution in [3.8, 4) is 0 Å². The van der Waals surface area contributed by atoms with Gasteiger partial charge in [0, 0.05) is 11.9 Å². The molecule has 8 nitrogen and oxygen atoms in total. The van der Waals surface area contributed by atoms with Crippen LogP contribution in [0.25, 0.3) is 0 Å². The van der Waals surface area contributed by atoms with Gasteiger partial charge in [-0.15, -0.1) is 0 Å². The van der Waals surface area contributed by atoms with Crippen LogP contribution in [0.1, 0.15) is 32.1 Å². The molecule has 0 saturated heterocycles. The first kappa shape index (κ1) is 20.7. The summed E-state index contributed by atoms with van der Waals surface area (Å²) in [6.45, 7) is 3.14. The molecule has 3 rings (SSSR count). The van der Waals surface area contributed by atoms with Crippen molar-refractivity contribution in [1.82, 2.24) is 9.97 Å². The minimum absolute atomic E-state index is 0.00586. The third-order valence-electron chi connectivity index (χ3n) is 4.05. The van der Waals surface area contributed by atoms with Gasteiger partial charge < -0.3 is 15.4 Å². The molecule has 8 heteroatoms. The van der Waals surface area contributed by atoms with Gasteiger partial charge in [0.2, 0.25) is 0 Å². The van der Waals surface area contributed by atoms with Crippen LogP contribution in [0, 0.1) is 13.8 Å². The van der Waals surface area contributed by atoms with E-state index in [1.807, 2.05) is 25.1 Å². The first-order valence-electron chi connectivity index (χ1n) is 9.15. The van der Waals surface area contributed by atoms with Crippen LogP contribution in [0.2, 0.25) is 0 Å². The van der Waals surface area contributed by atoms with Gasteiger partial charge in [-0.3, -0.25) is 14.6 Å². The molecule has 1 aromatic heterocycles. The number of carbonyl (C=O) groups is 3. The molecule has 0 fully saturated rings. The van der Waals surface area contributed by atoms with Gasteiger partial charge in [-0.05, 0) is 43.7 Å². The molecule has 0 atom stereocenters. The maximum absolute atomic E-state index is 12.6. The number of rotatable bonds is 6. The molecule has 152 valence electrons. The summed E-state index contributed by atoms with van der Waals surface area (Å²) < 4.78 is 4.96. The van der Waals surface area contributed by atoms with Crippen LogP contribution in [-0.4, -0.2) is 34.4 Å². The molecule has 0 aliphatic carbocycles. The second-order valence-corrected chi connectivity index (χ2v) is 6.54. The molecule has 0 radical (unpaired) electrons. The minimum atomic E-state index is -0.761. The average Bonchev–Trinajstić information content (AvgIpc) is 2.73. The molecular formula is C22H20N4O4. The summed E-state index contributed by atoms with van der Waals surface area (Å²) in [5.74, 6) is -1.72. The number of hydrogen-bond donors (Lipinski definition) is 2. The first-order chi connectivity index (χ1) is 14.4. The Morgan fingerprint density at radius 1 is 0.933 bits per heavy atom. The Hall–Kier alpha value is -4.07. The Bertz CT molecular complexity index is 1080. The van der Waals surface area contributed by atoms with Gasteiger partial charge in [-0.25, -0.2) is 9.78 Å². The van der Waals surface area contributed by atoms with E-state index in [1.54, 1.807) is 37.3 Å². The summed E-state index contributed by atoms with van der Waals surface area (Å²) in [4.78, 5) is 44.7. The van der Waals surface area contributed by atoms with Crippen LogP contribution in [-0.2, 0) is 9.53 Å². The van der Waals surface area contributed by atoms with E-state index in [0.29, 0.717) is 17.1 Å². The number of nitrogens with one attached hydrogen (secondary N) is 2. The Labute approximate surface area is 173 Å². The molecule has 0 spiro atoms. The SMILES string of the molecule is Cc1cccc(NC(=O)c2ccccc2NC(=O)COC(=O)c2cnc(C)cn2)c1. The standard InChI is InChI=1S/C22H20N4O4/c1-14-6-5-7-16(10-14)25-21(28)17-8-3-4-9-18(17)26-20(27)13-30-22(29)19-12-23-15(2)11-24-19/h3-12H,13H2,1-2H3,(H,25,28)(H,26,27). The summed E-state index contributed by atoms with van der Waals surface area (Å²) in [6, 6.07) is 13.9. The highest BCUT2D eigenvalue weighted by atomic mass is 16.5. The quantitative estimate of drug-likeness (QED) is 0.611. The molecule has 2 N–H and O–H groups in total. The van der Waals surface area contributed by atoms with Gasteiger partial charge in [0.1, 0.15) is 0 Å². The summed E-state index contributed by atoms with van der Waals surface area (Å²) in [5.41, 5.74) is 2.90. The predicted octanol–water partition coefficient (Wildman–Crippen LogP) is 3.14. The number of para-hydroxylation sites is 1. The van der Waals surface area contributed by atoms with Crippen LogP contribution in [0.4, 0.5) is 11.4 Å². The van der Waals surface area contributed by atoms with Crippen molar-refractivity contribution < 1.29 is 19.1 Å². The third kappa shape index (κ3) is 5.48. The number of benzene rings is 2. The first-order valence-corrected chi connectivity index (χ1v) is 9.15. The lowest BCUT2D eigenvalue weighted by Gasteiger charge is -2.12. The molecule has 0 saturated carbocycles. The number of hydrogen-bond acceptors (Lipinski definition) is 6. The lowest BCUT2D eigenvalue weighted by atomic mass is 10.1. The molecule has 0 aliphatic heterocycles. The monoisotopic (exact) mass is 404 g/mol. The van der Waals surface area contributed by atoms with E-state index in [1.165, 1.54) is 12.4 Å². The van der Waals surface area contributed by atoms with Gasteiger partial charge in [0.05, 0.1) is 23.1 Å². The van der Waals surface area contributed by atoms with E-state index in [4.69, 9.17) is 4.74 Å². The largest absolute Gasteiger partial charge is 0.451 e. The molecule has 0 aliphatic rings. The van der Waals surface area contributed by atoms with E-state index in [9.17, 15) is 14.4 Å². The van der Waals surface area contributed by atoms with E-state index < -0.39 is 18.5 Å². The number of nitrogens with zero attached hydrogens (tertiary/aromatic N) is 2. The minimum Gasteiger partial charge on any atom is -0.451 e. The highest BCUT2D eigenvalue weighted by Crippen LogP contribution is 2.18. The van der Waals surface area contributed by atoms with E-state index in [0.717, 1.165) is 5.56 Å². The van der Waals surface area contributed by atoms with Crippen LogP contribution >= 0.6 is 0 Å². The summed E-state index contributed by atoms with van der Waals surface area (Å²) in [7, 11) is 0. The molecule has 3 aromatic rings. The van der Waals surface area contributed by atoms with Crippen molar-refractivity contribution in [2.45, 2.75) is 13.8 Å². The molecular weight excluding hydrogens is 384 g/mol. The van der Waals surface area contributed by atoms with Gasteiger partial charge >= 0.3 is 5.97 Å². The zero-order valence-electron chi connectivity index (χ0n) is 16.5. The van der Waals surface area contributed by atoms with Gasteiger partial charge in [-0.1, -0.05) is 24.3 Å². The Kier molecular flexibility index (Phi) is 6.49. The second-order valence-electron chi connectivity index (χ2n) is 6.54. The van der Waals surface area contributed by atoms with Crippen molar-refractivity contribution in [3.63, 3.8) is 0 Å². The molecule has 1 heterocycles. The smallest absolute Gasteiger partial charge is 0.359 e. The van der Waals surface area contributed by atoms with Crippen LogP contribution < -0.4 is 10.6 Å². The number of amides is 2. The van der Waals surface area contributed by atoms with E-state index in [-0.39, 0.29) is 17.2 Å². The van der Waals surface area contributed by atoms with Crippen molar-refractivity contribution in [3.05, 3.63) is 83.4 Å². The topological polar surface area (TPSA) is 110 Å². The molecule has 0 bridgehead atoms. The summed E-state index contributed by atoms with van der Waals surface area (Å²) >= 11 is 0. The van der Waals surface area contributed by atoms with E-state index >= 15 is 0 Å². The highest BCUT2D eigenvalue weighted by molar-refractivity contribution is 6.10. The fourth-order valence-corrected chi connectivity index (χ4v) is 2.60. The second kappa shape index (κ2) is 9.42. The molecule has 2 amide bonds. The summed E-state index contributed by atoms with van der Waals surface area (Å²) in [5, 5.41) is 5.39. The number of anilines is 2. The number of aryl methyl sites for hydroxylation is 2. The Morgan fingerprint density at radius 2 is 1.73 bits per heavy atom. The van der Waals surface area contributed by atoms with E-state index in [2.05, 4.69) is 20.6 Å². The number of ether oxygens (including phenoxy) is 1. The number of esters is 1. The normalized spacial score (nSPS) is 10.2. The molecule has 2 aromatic carbocycles. The number of aromatic nitrogens is 2. The van der Waals surface area contributed by atoms with Crippen molar-refractivity contribution in [2.24, 2.45) is 0 Å². The zero-order valence-corrected chi connectivity index (χ0v) is 16.5. The Balaban J connectivity index is 1.62. The van der Waals surface area contributed by atoms with Crippen molar-refractivity contribution >= 4 is 29.2 Å². The lowest BCUT2D eigenvalue weighted by molar-refractivity contribution is -0.119. The zero-order chi connectivity index (χ0) is 21.5. The third-order valence-corrected chi connectivity index (χ3v) is 4.05. The Morgan fingerprint density at radius 3 is 2.47 bits per heavy atom. The van der Waals surface area contributed by atoms with Crippen LogP contribution in [0.5, 0.6) is 0 Å². The fourth-order valence-electron chi connectivity index (χ4n) is 2.60. The molecule has 30 heavy (non-hydrogen) atoms. The van der Waals surface area contributed by atoms with Crippen molar-refractivity contribution in [2.75, 3.05) is 17.2 Å². The predicted molar refractivity (Wildman–Crippen MR) is 111 cm³/mol. The fraction of sp³-hybridized carbons (Fsp3) is 0.136. The maximum Gasteiger partial charge on any atom is 0.359 e. The van der Waals surface area contributed by atoms with Crippen molar-refractivity contribution in [1.29, 1.82) is 0 Å². The van der Waals surface area contributed by atoms with Gasteiger partial charge in [0.25, 0.3) is 11.8 Å². The summed E-state index contributed by atoms with van der Waals surface area (Å²) in [6.07, 6.45) is 2.71. The van der Waals surface area contributed by atoms with Crippen LogP contribution in [0.15, 0.2) is 60.9 Å². The maximum atomic E-state index is 12.6. The van der Waals surface area contributed by atoms with Crippen LogP contribution in [0.3, 0.4) is 0 Å². The molecule has 0 unspecified atom stereocenters.